The van der Waals surface area contributed by atoms with Gasteiger partial charge in [-0.15, -0.1) is 0 Å². The van der Waals surface area contributed by atoms with Crippen LogP contribution in [0, 0.1) is 0 Å². The Morgan fingerprint density at radius 1 is 0.871 bits per heavy atom. The molecule has 0 unspecified atom stereocenters. The molecule has 0 aliphatic carbocycles. The average molecular weight is 416 g/mol. The first-order chi connectivity index (χ1) is 15.1. The summed E-state index contributed by atoms with van der Waals surface area (Å²) in [7, 11) is 0. The summed E-state index contributed by atoms with van der Waals surface area (Å²) in [6.07, 6.45) is 0.885. The lowest BCUT2D eigenvalue weighted by atomic mass is 10.1. The fraction of sp³-hybridized carbons (Fsp3) is 0.240. The van der Waals surface area contributed by atoms with Crippen molar-refractivity contribution in [2.75, 3.05) is 19.6 Å². The van der Waals surface area contributed by atoms with E-state index in [9.17, 15) is 14.4 Å². The summed E-state index contributed by atoms with van der Waals surface area (Å²) in [6, 6.07) is 22.1. The van der Waals surface area contributed by atoms with Gasteiger partial charge in [0.25, 0.3) is 11.8 Å². The first-order valence-electron chi connectivity index (χ1n) is 10.4. The zero-order valence-electron chi connectivity index (χ0n) is 17.1. The summed E-state index contributed by atoms with van der Waals surface area (Å²) in [5.74, 6) is -1.25. The number of ether oxygens (including phenoxy) is 1. The van der Waals surface area contributed by atoms with Crippen LogP contribution in [-0.4, -0.2) is 42.3 Å². The Bertz CT molecular complexity index is 1090. The van der Waals surface area contributed by atoms with Gasteiger partial charge in [0, 0.05) is 24.2 Å². The Balaban J connectivity index is 1.41. The van der Waals surface area contributed by atoms with Crippen molar-refractivity contribution in [3.8, 4) is 0 Å². The third-order valence-electron chi connectivity index (χ3n) is 5.40. The van der Waals surface area contributed by atoms with Gasteiger partial charge < -0.3 is 15.0 Å². The molecule has 1 heterocycles. The number of nitrogens with one attached hydrogen (secondary N) is 1. The molecule has 1 atom stereocenters. The van der Waals surface area contributed by atoms with Gasteiger partial charge in [0.1, 0.15) is 6.54 Å². The second-order valence-electron chi connectivity index (χ2n) is 7.56. The lowest BCUT2D eigenvalue weighted by molar-refractivity contribution is -0.159. The van der Waals surface area contributed by atoms with E-state index in [4.69, 9.17) is 4.74 Å². The van der Waals surface area contributed by atoms with Crippen LogP contribution in [0.1, 0.15) is 34.9 Å². The summed E-state index contributed by atoms with van der Waals surface area (Å²) in [6.45, 7) is 1.01. The molecule has 0 spiro atoms. The molecule has 1 N–H and O–H groups in total. The number of rotatable bonds is 6. The zero-order chi connectivity index (χ0) is 21.6. The molecule has 1 saturated heterocycles. The van der Waals surface area contributed by atoms with Gasteiger partial charge in [0.15, 0.2) is 0 Å². The van der Waals surface area contributed by atoms with E-state index in [0.29, 0.717) is 24.2 Å². The number of esters is 1. The molecule has 31 heavy (non-hydrogen) atoms. The Hall–Kier alpha value is -3.67. The van der Waals surface area contributed by atoms with Crippen molar-refractivity contribution in [2.24, 2.45) is 0 Å². The predicted molar refractivity (Wildman–Crippen MR) is 117 cm³/mol. The van der Waals surface area contributed by atoms with Gasteiger partial charge in [-0.25, -0.2) is 0 Å². The van der Waals surface area contributed by atoms with E-state index in [2.05, 4.69) is 5.32 Å². The van der Waals surface area contributed by atoms with Crippen LogP contribution in [0.15, 0.2) is 72.8 Å². The molecule has 0 bridgehead atoms. The number of carbonyl (C=O) groups excluding carboxylic acids is 3. The standard InChI is InChI=1S/C25H24N2O4/c28-22(17-26-24(29)21-13-12-18-8-4-5-11-20(18)16-21)31-23(19-9-2-1-3-10-19)25(30)27-14-6-7-15-27/h1-5,8-13,16,23H,6-7,14-15,17H2,(H,26,29)/t23-/m0/s1. The Morgan fingerprint density at radius 2 is 1.55 bits per heavy atom. The van der Waals surface area contributed by atoms with Crippen molar-refractivity contribution < 1.29 is 19.1 Å². The molecule has 6 heteroatoms. The molecule has 1 aliphatic rings. The Morgan fingerprint density at radius 3 is 2.29 bits per heavy atom. The average Bonchev–Trinajstić information content (AvgIpc) is 3.36. The van der Waals surface area contributed by atoms with Crippen molar-refractivity contribution in [3.05, 3.63) is 83.9 Å². The third kappa shape index (κ3) is 4.91. The van der Waals surface area contributed by atoms with Crippen LogP contribution in [0.5, 0.6) is 0 Å². The van der Waals surface area contributed by atoms with E-state index in [0.717, 1.165) is 23.6 Å². The number of amides is 2. The van der Waals surface area contributed by atoms with Crippen molar-refractivity contribution >= 4 is 28.6 Å². The quantitative estimate of drug-likeness (QED) is 0.625. The SMILES string of the molecule is O=C(CNC(=O)c1ccc2ccccc2c1)O[C@H](C(=O)N1CCCC1)c1ccccc1. The van der Waals surface area contributed by atoms with Crippen LogP contribution in [0.3, 0.4) is 0 Å². The summed E-state index contributed by atoms with van der Waals surface area (Å²) in [4.78, 5) is 39.6. The number of hydrogen-bond acceptors (Lipinski definition) is 4. The third-order valence-corrected chi connectivity index (χ3v) is 5.40. The minimum atomic E-state index is -1.01. The van der Waals surface area contributed by atoms with Gasteiger partial charge in [-0.1, -0.05) is 60.7 Å². The van der Waals surface area contributed by atoms with Crippen LogP contribution >= 0.6 is 0 Å². The Labute approximate surface area is 180 Å². The summed E-state index contributed by atoms with van der Waals surface area (Å²) >= 11 is 0. The monoisotopic (exact) mass is 416 g/mol. The first-order valence-corrected chi connectivity index (χ1v) is 10.4. The predicted octanol–water partition coefficient (Wildman–Crippen LogP) is 3.48. The molecule has 0 radical (unpaired) electrons. The number of benzene rings is 3. The maximum Gasteiger partial charge on any atom is 0.326 e. The topological polar surface area (TPSA) is 75.7 Å². The van der Waals surface area contributed by atoms with Crippen molar-refractivity contribution in [1.82, 2.24) is 10.2 Å². The van der Waals surface area contributed by atoms with Crippen LogP contribution in [-0.2, 0) is 14.3 Å². The van der Waals surface area contributed by atoms with Crippen LogP contribution in [0.2, 0.25) is 0 Å². The van der Waals surface area contributed by atoms with Crippen LogP contribution in [0.25, 0.3) is 10.8 Å². The summed E-state index contributed by atoms with van der Waals surface area (Å²) < 4.78 is 5.52. The number of nitrogens with zero attached hydrogens (tertiary/aromatic N) is 1. The molecule has 3 aromatic rings. The molecular formula is C25H24N2O4. The van der Waals surface area contributed by atoms with E-state index in [1.807, 2.05) is 36.4 Å². The van der Waals surface area contributed by atoms with Crippen molar-refractivity contribution in [3.63, 3.8) is 0 Å². The molecule has 3 aromatic carbocycles. The molecule has 1 fully saturated rings. The number of fused-ring (bicyclic) bond motifs is 1. The van der Waals surface area contributed by atoms with E-state index < -0.39 is 12.1 Å². The fourth-order valence-electron chi connectivity index (χ4n) is 3.75. The normalized spacial score (nSPS) is 14.3. The summed E-state index contributed by atoms with van der Waals surface area (Å²) in [5.41, 5.74) is 1.08. The fourth-order valence-corrected chi connectivity index (χ4v) is 3.75. The molecule has 0 saturated carbocycles. The van der Waals surface area contributed by atoms with Gasteiger partial charge in [0.05, 0.1) is 0 Å². The second kappa shape index (κ2) is 9.43. The number of carbonyl (C=O) groups is 3. The minimum absolute atomic E-state index is 0.224. The van der Waals surface area contributed by atoms with E-state index in [1.165, 1.54) is 0 Å². The van der Waals surface area contributed by atoms with Crippen LogP contribution in [0.4, 0.5) is 0 Å². The van der Waals surface area contributed by atoms with Gasteiger partial charge in [-0.05, 0) is 35.7 Å². The molecule has 4 rings (SSSR count). The first kappa shape index (κ1) is 20.6. The second-order valence-corrected chi connectivity index (χ2v) is 7.56. The zero-order valence-corrected chi connectivity index (χ0v) is 17.1. The largest absolute Gasteiger partial charge is 0.446 e. The van der Waals surface area contributed by atoms with Crippen LogP contribution < -0.4 is 5.32 Å². The molecule has 158 valence electrons. The number of hydrogen-bond donors (Lipinski definition) is 1. The van der Waals surface area contributed by atoms with E-state index in [-0.39, 0.29) is 18.4 Å². The molecule has 6 nitrogen and oxygen atoms in total. The van der Waals surface area contributed by atoms with Gasteiger partial charge >= 0.3 is 5.97 Å². The molecule has 1 aliphatic heterocycles. The van der Waals surface area contributed by atoms with Gasteiger partial charge in [-0.2, -0.15) is 0 Å². The van der Waals surface area contributed by atoms with E-state index >= 15 is 0 Å². The lowest BCUT2D eigenvalue weighted by Gasteiger charge is -2.23. The minimum Gasteiger partial charge on any atom is -0.446 e. The highest BCUT2D eigenvalue weighted by molar-refractivity contribution is 5.99. The highest BCUT2D eigenvalue weighted by Gasteiger charge is 2.30. The van der Waals surface area contributed by atoms with Crippen molar-refractivity contribution in [1.29, 1.82) is 0 Å². The molecule has 2 amide bonds. The summed E-state index contributed by atoms with van der Waals surface area (Å²) in [5, 5.41) is 4.57. The van der Waals surface area contributed by atoms with Crippen molar-refractivity contribution in [2.45, 2.75) is 18.9 Å². The highest BCUT2D eigenvalue weighted by atomic mass is 16.5. The Kier molecular flexibility index (Phi) is 6.26. The maximum absolute atomic E-state index is 12.9. The smallest absolute Gasteiger partial charge is 0.326 e. The maximum atomic E-state index is 12.9. The molecule has 0 aromatic heterocycles. The lowest BCUT2D eigenvalue weighted by Crippen LogP contribution is -2.37. The molecular weight excluding hydrogens is 392 g/mol. The number of likely N-dealkylation sites (tertiary alicyclic amines) is 1. The highest BCUT2D eigenvalue weighted by Crippen LogP contribution is 2.23. The van der Waals surface area contributed by atoms with E-state index in [1.54, 1.807) is 41.3 Å². The van der Waals surface area contributed by atoms with Gasteiger partial charge in [-0.3, -0.25) is 14.4 Å². The van der Waals surface area contributed by atoms with Gasteiger partial charge in [0.2, 0.25) is 6.10 Å².